The van der Waals surface area contributed by atoms with Gasteiger partial charge in [-0.15, -0.1) is 0 Å². The maximum Gasteiger partial charge on any atom is 0.247 e. The van der Waals surface area contributed by atoms with Crippen molar-refractivity contribution < 1.29 is 18.7 Å². The Labute approximate surface area is 189 Å². The fraction of sp³-hybridized carbons (Fsp3) is 0.667. The number of nitrogens with zero attached hydrogens (tertiary/aromatic N) is 3. The van der Waals surface area contributed by atoms with Gasteiger partial charge in [0.25, 0.3) is 0 Å². The van der Waals surface area contributed by atoms with Crippen molar-refractivity contribution >= 4 is 17.5 Å². The van der Waals surface area contributed by atoms with E-state index in [9.17, 15) is 14.0 Å². The number of benzene rings is 1. The van der Waals surface area contributed by atoms with Crippen LogP contribution in [0, 0.1) is 11.7 Å². The highest BCUT2D eigenvalue weighted by Gasteiger charge is 2.43. The molecule has 1 saturated carbocycles. The Morgan fingerprint density at radius 3 is 2.44 bits per heavy atom. The number of likely N-dealkylation sites (tertiary alicyclic amines) is 1. The number of nitrogens with one attached hydrogen (secondary N) is 1. The Morgan fingerprint density at radius 1 is 1.06 bits per heavy atom. The van der Waals surface area contributed by atoms with E-state index in [0.717, 1.165) is 63.4 Å². The summed E-state index contributed by atoms with van der Waals surface area (Å²) in [6, 6.07) is 4.42. The van der Waals surface area contributed by atoms with Gasteiger partial charge in [-0.25, -0.2) is 4.39 Å². The zero-order chi connectivity index (χ0) is 22.7. The molecule has 2 heterocycles. The molecule has 1 aromatic carbocycles. The van der Waals surface area contributed by atoms with Crippen molar-refractivity contribution in [2.24, 2.45) is 5.92 Å². The van der Waals surface area contributed by atoms with E-state index in [-0.39, 0.29) is 29.7 Å². The van der Waals surface area contributed by atoms with Gasteiger partial charge < -0.3 is 15.0 Å². The van der Waals surface area contributed by atoms with Crippen LogP contribution in [0.1, 0.15) is 39.0 Å². The Balaban J connectivity index is 1.27. The maximum atomic E-state index is 14.0. The number of ether oxygens (including phenoxy) is 1. The lowest BCUT2D eigenvalue weighted by molar-refractivity contribution is -0.139. The largest absolute Gasteiger partial charge is 0.488 e. The van der Waals surface area contributed by atoms with Crippen LogP contribution in [0.25, 0.3) is 0 Å². The van der Waals surface area contributed by atoms with Crippen LogP contribution in [0.5, 0.6) is 5.75 Å². The van der Waals surface area contributed by atoms with Crippen LogP contribution in [-0.2, 0) is 9.59 Å². The molecule has 1 N–H and O–H groups in total. The molecule has 32 heavy (non-hydrogen) atoms. The molecule has 1 aromatic rings. The third kappa shape index (κ3) is 4.91. The van der Waals surface area contributed by atoms with E-state index >= 15 is 0 Å². The lowest BCUT2D eigenvalue weighted by Crippen LogP contribution is -2.47. The molecule has 0 radical (unpaired) electrons. The molecule has 2 amide bonds. The van der Waals surface area contributed by atoms with Gasteiger partial charge in [0, 0.05) is 38.8 Å². The molecule has 0 bridgehead atoms. The summed E-state index contributed by atoms with van der Waals surface area (Å²) < 4.78 is 20.2. The molecule has 2 aliphatic heterocycles. The number of likely N-dealkylation sites (N-methyl/N-ethyl adjacent to an activating group) is 1. The van der Waals surface area contributed by atoms with Gasteiger partial charge in [0.2, 0.25) is 11.8 Å². The Kier molecular flexibility index (Phi) is 7.30. The first-order chi connectivity index (χ1) is 15.5. The summed E-state index contributed by atoms with van der Waals surface area (Å²) in [6.45, 7) is 6.41. The number of anilines is 1. The predicted molar refractivity (Wildman–Crippen MR) is 121 cm³/mol. The standard InChI is InChI=1S/C24H35FN4O3/c1-17-22(26-2)24(31)29(23(17)30)11-5-10-27-12-14-28(15-13-27)20-16-18(25)8-9-21(20)32-19-6-3-4-7-19/h8-9,16-17,19,22,26H,3-7,10-15H2,1-2H3. The second-order valence-electron chi connectivity index (χ2n) is 9.20. The number of amides is 2. The van der Waals surface area contributed by atoms with Gasteiger partial charge in [0.05, 0.1) is 23.8 Å². The molecular weight excluding hydrogens is 411 g/mol. The van der Waals surface area contributed by atoms with E-state index in [0.29, 0.717) is 6.54 Å². The van der Waals surface area contributed by atoms with Crippen LogP contribution in [0.15, 0.2) is 18.2 Å². The molecule has 8 heteroatoms. The zero-order valence-electron chi connectivity index (χ0n) is 19.2. The van der Waals surface area contributed by atoms with Crippen LogP contribution in [-0.4, -0.2) is 80.1 Å². The molecule has 2 saturated heterocycles. The van der Waals surface area contributed by atoms with Gasteiger partial charge >= 0.3 is 0 Å². The van der Waals surface area contributed by atoms with Crippen molar-refractivity contribution in [1.29, 1.82) is 0 Å². The van der Waals surface area contributed by atoms with E-state index in [1.54, 1.807) is 26.1 Å². The lowest BCUT2D eigenvalue weighted by atomic mass is 10.1. The average molecular weight is 447 g/mol. The Bertz CT molecular complexity index is 821. The van der Waals surface area contributed by atoms with Crippen molar-refractivity contribution in [1.82, 2.24) is 15.1 Å². The highest BCUT2D eigenvalue weighted by atomic mass is 19.1. The Morgan fingerprint density at radius 2 is 1.78 bits per heavy atom. The van der Waals surface area contributed by atoms with Gasteiger partial charge in [0.1, 0.15) is 11.6 Å². The number of imide groups is 1. The topological polar surface area (TPSA) is 65.1 Å². The molecule has 1 aliphatic carbocycles. The smallest absolute Gasteiger partial charge is 0.247 e. The molecule has 176 valence electrons. The number of carbonyl (C=O) groups excluding carboxylic acids is 2. The van der Waals surface area contributed by atoms with E-state index in [2.05, 4.69) is 15.1 Å². The molecule has 3 fully saturated rings. The maximum absolute atomic E-state index is 14.0. The average Bonchev–Trinajstić information content (AvgIpc) is 3.37. The quantitative estimate of drug-likeness (QED) is 0.618. The van der Waals surface area contributed by atoms with Crippen LogP contribution in [0.2, 0.25) is 0 Å². The molecule has 2 unspecified atom stereocenters. The number of hydrogen-bond acceptors (Lipinski definition) is 6. The Hall–Kier alpha value is -2.19. The first kappa shape index (κ1) is 23.0. The van der Waals surface area contributed by atoms with Gasteiger partial charge in [0.15, 0.2) is 0 Å². The van der Waals surface area contributed by atoms with Crippen LogP contribution in [0.4, 0.5) is 10.1 Å². The van der Waals surface area contributed by atoms with E-state index in [4.69, 9.17) is 4.74 Å². The molecular formula is C24H35FN4O3. The first-order valence-corrected chi connectivity index (χ1v) is 11.9. The summed E-state index contributed by atoms with van der Waals surface area (Å²) in [5, 5.41) is 2.95. The summed E-state index contributed by atoms with van der Waals surface area (Å²) in [5.41, 5.74) is 0.844. The summed E-state index contributed by atoms with van der Waals surface area (Å²) in [4.78, 5) is 30.7. The van der Waals surface area contributed by atoms with Gasteiger partial charge in [-0.1, -0.05) is 6.92 Å². The predicted octanol–water partition coefficient (Wildman–Crippen LogP) is 2.25. The minimum Gasteiger partial charge on any atom is -0.488 e. The van der Waals surface area contributed by atoms with Crippen molar-refractivity contribution in [3.8, 4) is 5.75 Å². The molecule has 2 atom stereocenters. The molecule has 0 spiro atoms. The number of halogens is 1. The first-order valence-electron chi connectivity index (χ1n) is 11.9. The molecule has 7 nitrogen and oxygen atoms in total. The summed E-state index contributed by atoms with van der Waals surface area (Å²) in [6.07, 6.45) is 5.53. The van der Waals surface area contributed by atoms with Gasteiger partial charge in [-0.3, -0.25) is 19.4 Å². The van der Waals surface area contributed by atoms with Gasteiger partial charge in [-0.2, -0.15) is 0 Å². The minimum absolute atomic E-state index is 0.0833. The fourth-order valence-corrected chi connectivity index (χ4v) is 5.16. The normalized spacial score (nSPS) is 25.2. The SMILES string of the molecule is CNC1C(=O)N(CCCN2CCN(c3cc(F)ccc3OC3CCCC3)CC2)C(=O)C1C. The van der Waals surface area contributed by atoms with Crippen molar-refractivity contribution in [2.45, 2.75) is 51.2 Å². The highest BCUT2D eigenvalue weighted by Crippen LogP contribution is 2.33. The number of carbonyl (C=O) groups is 2. The van der Waals surface area contributed by atoms with Crippen molar-refractivity contribution in [3.63, 3.8) is 0 Å². The molecule has 0 aromatic heterocycles. The number of rotatable bonds is 8. The van der Waals surface area contributed by atoms with Gasteiger partial charge in [-0.05, 0) is 57.8 Å². The van der Waals surface area contributed by atoms with E-state index in [1.807, 2.05) is 0 Å². The summed E-state index contributed by atoms with van der Waals surface area (Å²) in [7, 11) is 1.72. The van der Waals surface area contributed by atoms with Crippen LogP contribution < -0.4 is 15.0 Å². The third-order valence-electron chi connectivity index (χ3n) is 7.08. The second-order valence-corrected chi connectivity index (χ2v) is 9.20. The number of piperazine rings is 1. The lowest BCUT2D eigenvalue weighted by Gasteiger charge is -2.37. The minimum atomic E-state index is -0.405. The van der Waals surface area contributed by atoms with Crippen LogP contribution in [0.3, 0.4) is 0 Å². The van der Waals surface area contributed by atoms with E-state index in [1.165, 1.54) is 23.8 Å². The second kappa shape index (κ2) is 10.2. The molecule has 3 aliphatic rings. The van der Waals surface area contributed by atoms with Crippen molar-refractivity contribution in [2.75, 3.05) is 51.2 Å². The third-order valence-corrected chi connectivity index (χ3v) is 7.08. The fourth-order valence-electron chi connectivity index (χ4n) is 5.16. The summed E-state index contributed by atoms with van der Waals surface area (Å²) in [5.74, 6) is 0.0417. The zero-order valence-corrected chi connectivity index (χ0v) is 19.2. The van der Waals surface area contributed by atoms with Crippen LogP contribution >= 0.6 is 0 Å². The van der Waals surface area contributed by atoms with Crippen molar-refractivity contribution in [3.05, 3.63) is 24.0 Å². The van der Waals surface area contributed by atoms with E-state index < -0.39 is 6.04 Å². The summed E-state index contributed by atoms with van der Waals surface area (Å²) >= 11 is 0. The number of hydrogen-bond donors (Lipinski definition) is 1. The molecule has 4 rings (SSSR count). The monoisotopic (exact) mass is 446 g/mol. The highest BCUT2D eigenvalue weighted by molar-refractivity contribution is 6.06.